The lowest BCUT2D eigenvalue weighted by molar-refractivity contribution is -0.145. The van der Waals surface area contributed by atoms with Crippen molar-refractivity contribution in [3.05, 3.63) is 45.8 Å². The van der Waals surface area contributed by atoms with E-state index >= 15 is 0 Å². The monoisotopic (exact) mass is 660 g/mol. The van der Waals surface area contributed by atoms with Gasteiger partial charge in [0.05, 0.1) is 17.2 Å². The van der Waals surface area contributed by atoms with Crippen LogP contribution in [0.1, 0.15) is 61.1 Å². The van der Waals surface area contributed by atoms with Crippen LogP contribution >= 0.6 is 11.3 Å². The van der Waals surface area contributed by atoms with Gasteiger partial charge in [0.15, 0.2) is 0 Å². The third-order valence-electron chi connectivity index (χ3n) is 11.6. The SMILES string of the molecule is Cc1cc(C)cc(-c2[nH]c3sc(C(C)(C)C(=O)N4CCCC5CCC54)cc3c2CCN2CCN(CC(O)CN3CCNCC3)CC2)c1. The van der Waals surface area contributed by atoms with Crippen LogP contribution in [0.2, 0.25) is 0 Å². The molecule has 3 unspecified atom stereocenters. The van der Waals surface area contributed by atoms with Crippen LogP contribution in [0.3, 0.4) is 0 Å². The van der Waals surface area contributed by atoms with Crippen molar-refractivity contribution in [2.45, 2.75) is 77.4 Å². The highest BCUT2D eigenvalue weighted by Gasteiger charge is 2.45. The number of aryl methyl sites for hydroxylation is 2. The topological polar surface area (TPSA) is 78.1 Å². The Morgan fingerprint density at radius 1 is 0.915 bits per heavy atom. The van der Waals surface area contributed by atoms with E-state index in [-0.39, 0.29) is 6.10 Å². The molecule has 1 aromatic carbocycles. The largest absolute Gasteiger partial charge is 0.390 e. The number of amides is 1. The third kappa shape index (κ3) is 7.08. The van der Waals surface area contributed by atoms with Crippen molar-refractivity contribution >= 4 is 27.5 Å². The smallest absolute Gasteiger partial charge is 0.233 e. The van der Waals surface area contributed by atoms with Crippen LogP contribution in [0.4, 0.5) is 0 Å². The number of nitrogens with one attached hydrogen (secondary N) is 2. The number of aromatic nitrogens is 1. The Morgan fingerprint density at radius 2 is 1.60 bits per heavy atom. The molecule has 4 fully saturated rings. The molecule has 3 aliphatic heterocycles. The highest BCUT2D eigenvalue weighted by molar-refractivity contribution is 7.19. The van der Waals surface area contributed by atoms with Crippen LogP contribution < -0.4 is 5.32 Å². The highest BCUT2D eigenvalue weighted by Crippen LogP contribution is 2.44. The number of aliphatic hydroxyl groups is 1. The summed E-state index contributed by atoms with van der Waals surface area (Å²) < 4.78 is 0. The molecule has 1 amide bonds. The number of benzene rings is 1. The molecule has 0 spiro atoms. The quantitative estimate of drug-likeness (QED) is 0.295. The number of carbonyl (C=O) groups excluding carboxylic acids is 1. The van der Waals surface area contributed by atoms with Crippen molar-refractivity contribution in [3.63, 3.8) is 0 Å². The molecule has 3 aromatic rings. The minimum Gasteiger partial charge on any atom is -0.390 e. The summed E-state index contributed by atoms with van der Waals surface area (Å²) in [7, 11) is 0. The Kier molecular flexibility index (Phi) is 9.85. The molecular formula is C38H56N6O2S. The molecule has 256 valence electrons. The lowest BCUT2D eigenvalue weighted by Gasteiger charge is -2.50. The number of rotatable bonds is 10. The molecule has 3 saturated heterocycles. The summed E-state index contributed by atoms with van der Waals surface area (Å²) in [5.41, 5.74) is 5.89. The standard InChI is InChI=1S/C38H56N6O2S/c1-26-20-27(2)22-29(21-26)35-31(9-13-41-16-18-43(19-17-41)25-30(45)24-42-14-10-39-11-15-42)32-23-34(47-36(32)40-35)38(3,4)37(46)44-12-5-6-28-7-8-33(28)44/h20-23,28,30,33,39-40,45H,5-19,24-25H2,1-4H3. The van der Waals surface area contributed by atoms with Crippen molar-refractivity contribution < 1.29 is 9.90 Å². The molecule has 2 aromatic heterocycles. The first-order chi connectivity index (χ1) is 22.7. The van der Waals surface area contributed by atoms with Gasteiger partial charge in [0.1, 0.15) is 4.83 Å². The van der Waals surface area contributed by atoms with Crippen LogP contribution in [-0.4, -0.2) is 126 Å². The number of thiophene rings is 1. The van der Waals surface area contributed by atoms with E-state index in [9.17, 15) is 9.90 Å². The van der Waals surface area contributed by atoms with Gasteiger partial charge in [-0.25, -0.2) is 0 Å². The number of likely N-dealkylation sites (tertiary alicyclic amines) is 1. The zero-order valence-corrected chi connectivity index (χ0v) is 29.9. The van der Waals surface area contributed by atoms with E-state index in [2.05, 4.69) is 81.9 Å². The third-order valence-corrected chi connectivity index (χ3v) is 12.9. The van der Waals surface area contributed by atoms with E-state index in [1.165, 1.54) is 62.3 Å². The van der Waals surface area contributed by atoms with Crippen molar-refractivity contribution in [1.82, 2.24) is 29.9 Å². The van der Waals surface area contributed by atoms with Crippen LogP contribution in [0.15, 0.2) is 24.3 Å². The second-order valence-electron chi connectivity index (χ2n) is 15.5. The number of β-amino-alcohol motifs (C(OH)–C–C–N with tert-alkyl or cyclic N) is 1. The summed E-state index contributed by atoms with van der Waals surface area (Å²) >= 11 is 1.78. The maximum atomic E-state index is 14.1. The summed E-state index contributed by atoms with van der Waals surface area (Å²) in [6.45, 7) is 20.3. The van der Waals surface area contributed by atoms with Crippen LogP contribution in [0, 0.1) is 19.8 Å². The summed E-state index contributed by atoms with van der Waals surface area (Å²) in [5, 5.41) is 15.5. The fourth-order valence-corrected chi connectivity index (χ4v) is 9.87. The second-order valence-corrected chi connectivity index (χ2v) is 16.5. The van der Waals surface area contributed by atoms with E-state index in [4.69, 9.17) is 0 Å². The second kappa shape index (κ2) is 13.9. The molecule has 3 N–H and O–H groups in total. The van der Waals surface area contributed by atoms with Gasteiger partial charge in [-0.1, -0.05) is 17.2 Å². The van der Waals surface area contributed by atoms with Gasteiger partial charge in [-0.15, -0.1) is 11.3 Å². The first kappa shape index (κ1) is 33.2. The van der Waals surface area contributed by atoms with E-state index in [0.717, 1.165) is 97.3 Å². The maximum absolute atomic E-state index is 14.1. The predicted octanol–water partition coefficient (Wildman–Crippen LogP) is 4.62. The molecule has 4 aliphatic rings. The first-order valence-electron chi connectivity index (χ1n) is 18.3. The molecule has 1 aliphatic carbocycles. The van der Waals surface area contributed by atoms with Gasteiger partial charge < -0.3 is 25.2 Å². The lowest BCUT2D eigenvalue weighted by atomic mass is 9.72. The lowest BCUT2D eigenvalue weighted by Crippen LogP contribution is -2.57. The molecule has 7 rings (SSSR count). The Balaban J connectivity index is 1.06. The minimum atomic E-state index is -0.537. The number of carbonyl (C=O) groups is 1. The summed E-state index contributed by atoms with van der Waals surface area (Å²) in [6.07, 6.45) is 5.57. The molecule has 0 radical (unpaired) electrons. The number of hydrogen-bond acceptors (Lipinski definition) is 7. The number of hydrogen-bond donors (Lipinski definition) is 3. The average Bonchev–Trinajstić information content (AvgIpc) is 3.60. The zero-order chi connectivity index (χ0) is 32.7. The molecule has 47 heavy (non-hydrogen) atoms. The Bertz CT molecular complexity index is 1530. The molecule has 0 bridgehead atoms. The number of aromatic amines is 1. The van der Waals surface area contributed by atoms with Gasteiger partial charge in [0.2, 0.25) is 5.91 Å². The Hall–Kier alpha value is -2.27. The minimum absolute atomic E-state index is 0.290. The molecule has 5 heterocycles. The normalized spacial score (nSPS) is 24.0. The van der Waals surface area contributed by atoms with Gasteiger partial charge in [-0.3, -0.25) is 14.6 Å². The number of nitrogens with zero attached hydrogens (tertiary/aromatic N) is 4. The van der Waals surface area contributed by atoms with Crippen molar-refractivity contribution in [2.24, 2.45) is 5.92 Å². The molecule has 1 saturated carbocycles. The molecule has 3 atom stereocenters. The molecule has 8 nitrogen and oxygen atoms in total. The van der Waals surface area contributed by atoms with Gasteiger partial charge in [-0.05, 0) is 95.0 Å². The molecular weight excluding hydrogens is 605 g/mol. The van der Waals surface area contributed by atoms with Crippen LogP contribution in [0.5, 0.6) is 0 Å². The number of piperazine rings is 2. The zero-order valence-electron chi connectivity index (χ0n) is 29.1. The van der Waals surface area contributed by atoms with Crippen molar-refractivity contribution in [3.8, 4) is 11.3 Å². The number of aliphatic hydroxyl groups excluding tert-OH is 1. The van der Waals surface area contributed by atoms with Gasteiger partial charge >= 0.3 is 0 Å². The Labute approximate surface area is 285 Å². The predicted molar refractivity (Wildman–Crippen MR) is 193 cm³/mol. The fraction of sp³-hybridized carbons (Fsp3) is 0.658. The number of fused-ring (bicyclic) bond motifs is 2. The number of piperidine rings is 1. The average molecular weight is 661 g/mol. The summed E-state index contributed by atoms with van der Waals surface area (Å²) in [6, 6.07) is 9.65. The van der Waals surface area contributed by atoms with Crippen LogP contribution in [-0.2, 0) is 16.6 Å². The van der Waals surface area contributed by atoms with Gasteiger partial charge in [0.25, 0.3) is 0 Å². The number of H-pyrrole nitrogens is 1. The van der Waals surface area contributed by atoms with E-state index in [0.29, 0.717) is 11.9 Å². The van der Waals surface area contributed by atoms with Crippen molar-refractivity contribution in [1.29, 1.82) is 0 Å². The van der Waals surface area contributed by atoms with E-state index in [1.807, 2.05) is 0 Å². The van der Waals surface area contributed by atoms with Gasteiger partial charge in [0, 0.05) is 94.8 Å². The first-order valence-corrected chi connectivity index (χ1v) is 19.1. The Morgan fingerprint density at radius 3 is 2.28 bits per heavy atom. The van der Waals surface area contributed by atoms with E-state index < -0.39 is 5.41 Å². The summed E-state index contributed by atoms with van der Waals surface area (Å²) in [4.78, 5) is 29.9. The maximum Gasteiger partial charge on any atom is 0.233 e. The molecule has 9 heteroatoms. The fourth-order valence-electron chi connectivity index (χ4n) is 8.68. The summed E-state index contributed by atoms with van der Waals surface area (Å²) in [5.74, 6) is 1.03. The van der Waals surface area contributed by atoms with Crippen LogP contribution in [0.25, 0.3) is 21.5 Å². The van der Waals surface area contributed by atoms with E-state index in [1.54, 1.807) is 11.3 Å². The van der Waals surface area contributed by atoms with Gasteiger partial charge in [-0.2, -0.15) is 0 Å². The van der Waals surface area contributed by atoms with Crippen molar-refractivity contribution in [2.75, 3.05) is 78.5 Å². The highest BCUT2D eigenvalue weighted by atomic mass is 32.1.